The largest absolute Gasteiger partial charge is 0.481 e. The summed E-state index contributed by atoms with van der Waals surface area (Å²) in [6, 6.07) is -7.10. The molecule has 0 radical (unpaired) electrons. The molecular weight excluding hydrogens is 528 g/mol. The molecule has 14 nitrogen and oxygen atoms in total. The Balaban J connectivity index is 3.70. The van der Waals surface area contributed by atoms with Crippen molar-refractivity contribution < 1.29 is 52.2 Å². The second-order valence-electron chi connectivity index (χ2n) is 10.4. The molecule has 2 atom stereocenters. The van der Waals surface area contributed by atoms with E-state index in [9.17, 15) is 38.7 Å². The van der Waals surface area contributed by atoms with Gasteiger partial charge < -0.3 is 36.4 Å². The van der Waals surface area contributed by atoms with Gasteiger partial charge in [-0.05, 0) is 39.5 Å². The zero-order chi connectivity index (χ0) is 30.5. The first kappa shape index (κ1) is 33.2. The van der Waals surface area contributed by atoms with E-state index in [4.69, 9.17) is 16.2 Å². The number of aliphatic carboxylic acids is 1. The van der Waals surface area contributed by atoms with Gasteiger partial charge in [-0.15, -0.1) is 0 Å². The number of carbonyl (C=O) groups is 7. The number of nitrogens with one attached hydrogen (secondary N) is 1. The Morgan fingerprint density at radius 2 is 1.49 bits per heavy atom. The Labute approximate surface area is 223 Å². The number of ketones is 1. The van der Waals surface area contributed by atoms with Crippen LogP contribution in [0.15, 0.2) is 0 Å². The zero-order valence-electron chi connectivity index (χ0n) is 22.4. The van der Waals surface area contributed by atoms with Gasteiger partial charge in [0.2, 0.25) is 23.5 Å². The Kier molecular flexibility index (Phi) is 10.9. The summed E-state index contributed by atoms with van der Waals surface area (Å²) in [5, 5.41) is 11.6. The summed E-state index contributed by atoms with van der Waals surface area (Å²) >= 11 is 0. The maximum Gasteiger partial charge on any atom is 0.408 e. The molecule has 0 aliphatic carbocycles. The molecule has 39 heavy (non-hydrogen) atoms. The van der Waals surface area contributed by atoms with Crippen LogP contribution in [0.2, 0.25) is 0 Å². The van der Waals surface area contributed by atoms with Crippen molar-refractivity contribution in [2.75, 3.05) is 13.1 Å². The third kappa shape index (κ3) is 8.58. The van der Waals surface area contributed by atoms with Crippen LogP contribution in [-0.2, 0) is 33.5 Å². The molecule has 0 aromatic rings. The molecule has 0 bridgehead atoms. The Morgan fingerprint density at radius 1 is 1.00 bits per heavy atom. The molecule has 0 saturated carbocycles. The fourth-order valence-corrected chi connectivity index (χ4v) is 3.90. The lowest BCUT2D eigenvalue weighted by Gasteiger charge is -2.38. The number of nitrogens with two attached hydrogens (primary N) is 2. The predicted molar refractivity (Wildman–Crippen MR) is 129 cm³/mol. The van der Waals surface area contributed by atoms with Crippen LogP contribution in [0.3, 0.4) is 0 Å². The highest BCUT2D eigenvalue weighted by molar-refractivity contribution is 6.13. The smallest absolute Gasteiger partial charge is 0.408 e. The highest BCUT2D eigenvalue weighted by atomic mass is 19.3. The van der Waals surface area contributed by atoms with Crippen LogP contribution in [0.5, 0.6) is 0 Å². The number of nitrogens with zero attached hydrogens (tertiary/aromatic N) is 2. The van der Waals surface area contributed by atoms with E-state index in [1.165, 1.54) is 34.6 Å². The van der Waals surface area contributed by atoms with Crippen molar-refractivity contribution in [2.45, 2.75) is 83.5 Å². The number of rotatable bonds is 12. The number of alkyl halides is 2. The highest BCUT2D eigenvalue weighted by Crippen LogP contribution is 2.28. The number of carboxylic acid groups (broad SMARTS) is 1. The number of carboxylic acids is 1. The third-order valence-electron chi connectivity index (χ3n) is 5.65. The lowest BCUT2D eigenvalue weighted by molar-refractivity contribution is -0.173. The van der Waals surface area contributed by atoms with Crippen molar-refractivity contribution in [1.82, 2.24) is 15.1 Å². The van der Waals surface area contributed by atoms with Crippen molar-refractivity contribution >= 4 is 41.5 Å². The van der Waals surface area contributed by atoms with E-state index in [0.717, 1.165) is 0 Å². The van der Waals surface area contributed by atoms with E-state index in [0.29, 0.717) is 17.7 Å². The fourth-order valence-electron chi connectivity index (χ4n) is 3.90. The first-order valence-corrected chi connectivity index (χ1v) is 12.1. The second-order valence-corrected chi connectivity index (χ2v) is 10.4. The number of Topliss-reactive ketones (excluding diaryl/α,β-unsaturated/α-hetero) is 1. The van der Waals surface area contributed by atoms with Crippen LogP contribution in [-0.4, -0.2) is 99.1 Å². The number of halogens is 2. The maximum atomic E-state index is 15.2. The number of amides is 5. The molecule has 0 unspecified atom stereocenters. The first-order valence-electron chi connectivity index (χ1n) is 12.1. The molecule has 0 spiro atoms. The minimum absolute atomic E-state index is 0.0889. The van der Waals surface area contributed by atoms with Crippen LogP contribution in [0, 0.1) is 5.92 Å². The molecule has 1 heterocycles. The predicted octanol–water partition coefficient (Wildman–Crippen LogP) is -0.626. The molecule has 5 amide bonds. The molecule has 220 valence electrons. The standard InChI is InChI=1S/C23H35F2N5O9/c1-11(2)14(28-21(38)39-22(3,4)5)19(36)30(15(17(26)34)18(27)35)12(10-13(31)32)16(33)23(24,25)20(37)29-8-6-7-9-29/h11-12,14-15H,6-10H2,1-5H3,(H2,26,34)(H2,27,35)(H,28,38)(H,31,32)/t12-,14-/m0/s1. The van der Waals surface area contributed by atoms with Crippen molar-refractivity contribution in [2.24, 2.45) is 17.4 Å². The number of primary amides is 2. The van der Waals surface area contributed by atoms with Crippen molar-refractivity contribution in [3.8, 4) is 0 Å². The van der Waals surface area contributed by atoms with Crippen LogP contribution < -0.4 is 16.8 Å². The lowest BCUT2D eigenvalue weighted by Crippen LogP contribution is -2.67. The van der Waals surface area contributed by atoms with Crippen LogP contribution in [0.1, 0.15) is 53.9 Å². The molecule has 1 saturated heterocycles. The van der Waals surface area contributed by atoms with E-state index in [2.05, 4.69) is 5.32 Å². The van der Waals surface area contributed by atoms with Crippen molar-refractivity contribution in [3.05, 3.63) is 0 Å². The van der Waals surface area contributed by atoms with E-state index >= 15 is 8.78 Å². The van der Waals surface area contributed by atoms with Gasteiger partial charge >= 0.3 is 23.9 Å². The number of likely N-dealkylation sites (tertiary alicyclic amines) is 1. The summed E-state index contributed by atoms with van der Waals surface area (Å²) in [6.07, 6.45) is -1.95. The normalized spacial score (nSPS) is 15.5. The SMILES string of the molecule is CC(C)[C@H](NC(=O)OC(C)(C)C)C(=O)N(C(C(N)=O)C(N)=O)[C@@H](CC(=O)O)C(=O)C(F)(F)C(=O)N1CCCC1. The second kappa shape index (κ2) is 12.8. The van der Waals surface area contributed by atoms with Crippen LogP contribution >= 0.6 is 0 Å². The molecule has 1 fully saturated rings. The summed E-state index contributed by atoms with van der Waals surface area (Å²) < 4.78 is 35.5. The Morgan fingerprint density at radius 3 is 1.87 bits per heavy atom. The van der Waals surface area contributed by atoms with Gasteiger partial charge in [0.25, 0.3) is 0 Å². The number of hydrogen-bond donors (Lipinski definition) is 4. The van der Waals surface area contributed by atoms with Crippen molar-refractivity contribution in [3.63, 3.8) is 0 Å². The molecular formula is C23H35F2N5O9. The summed E-state index contributed by atoms with van der Waals surface area (Å²) in [5.74, 6) is -16.8. The summed E-state index contributed by atoms with van der Waals surface area (Å²) in [7, 11) is 0. The first-order chi connectivity index (χ1) is 17.7. The Hall–Kier alpha value is -3.85. The summed E-state index contributed by atoms with van der Waals surface area (Å²) in [6.45, 7) is 7.08. The van der Waals surface area contributed by atoms with Gasteiger partial charge in [0.15, 0.2) is 6.04 Å². The van der Waals surface area contributed by atoms with Crippen LogP contribution in [0.25, 0.3) is 0 Å². The van der Waals surface area contributed by atoms with Gasteiger partial charge in [-0.2, -0.15) is 8.78 Å². The molecule has 16 heteroatoms. The number of carbonyl (C=O) groups excluding carboxylic acids is 6. The van der Waals surface area contributed by atoms with Gasteiger partial charge in [0.05, 0.1) is 6.42 Å². The number of hydrogen-bond acceptors (Lipinski definition) is 8. The topological polar surface area (TPSA) is 219 Å². The number of ether oxygens (including phenoxy) is 1. The lowest BCUT2D eigenvalue weighted by atomic mass is 9.94. The zero-order valence-corrected chi connectivity index (χ0v) is 22.4. The van der Waals surface area contributed by atoms with Gasteiger partial charge in [0, 0.05) is 13.1 Å². The van der Waals surface area contributed by atoms with E-state index < -0.39 is 83.5 Å². The molecule has 1 aliphatic rings. The third-order valence-corrected chi connectivity index (χ3v) is 5.65. The maximum absolute atomic E-state index is 15.2. The number of alkyl carbamates (subject to hydrolysis) is 1. The van der Waals surface area contributed by atoms with E-state index in [1.807, 2.05) is 0 Å². The van der Waals surface area contributed by atoms with Gasteiger partial charge in [-0.25, -0.2) is 4.79 Å². The molecule has 0 aromatic carbocycles. The van der Waals surface area contributed by atoms with Crippen molar-refractivity contribution in [1.29, 1.82) is 0 Å². The molecule has 0 aromatic heterocycles. The average Bonchev–Trinajstić information content (AvgIpc) is 3.30. The van der Waals surface area contributed by atoms with Crippen LogP contribution in [0.4, 0.5) is 13.6 Å². The summed E-state index contributed by atoms with van der Waals surface area (Å²) in [5.41, 5.74) is 9.37. The molecule has 6 N–H and O–H groups in total. The Bertz CT molecular complexity index is 992. The fraction of sp³-hybridized carbons (Fsp3) is 0.696. The van der Waals surface area contributed by atoms with Gasteiger partial charge in [0.1, 0.15) is 17.7 Å². The molecule has 1 rings (SSSR count). The monoisotopic (exact) mass is 563 g/mol. The van der Waals surface area contributed by atoms with E-state index in [-0.39, 0.29) is 18.0 Å². The quantitative estimate of drug-likeness (QED) is 0.222. The highest BCUT2D eigenvalue weighted by Gasteiger charge is 2.57. The minimum atomic E-state index is -4.85. The van der Waals surface area contributed by atoms with Gasteiger partial charge in [-0.1, -0.05) is 13.8 Å². The average molecular weight is 564 g/mol. The minimum Gasteiger partial charge on any atom is -0.481 e. The summed E-state index contributed by atoms with van der Waals surface area (Å²) in [4.78, 5) is 88.3. The molecule has 1 aliphatic heterocycles. The van der Waals surface area contributed by atoms with Gasteiger partial charge in [-0.3, -0.25) is 28.8 Å². The van der Waals surface area contributed by atoms with E-state index in [1.54, 1.807) is 0 Å².